The minimum atomic E-state index is -0.489. The van der Waals surface area contributed by atoms with Crippen LogP contribution in [0.25, 0.3) is 0 Å². The molecule has 3 aromatic rings. The molecule has 0 atom stereocenters. The summed E-state index contributed by atoms with van der Waals surface area (Å²) in [6.45, 7) is 8.57. The molecule has 230 valence electrons. The van der Waals surface area contributed by atoms with E-state index in [-0.39, 0.29) is 0 Å². The number of unbranched alkanes of at least 4 members (excludes halogenated alkanes) is 6. The van der Waals surface area contributed by atoms with Gasteiger partial charge in [0.25, 0.3) is 0 Å². The molecule has 0 spiro atoms. The van der Waals surface area contributed by atoms with E-state index in [0.717, 1.165) is 51.4 Å². The number of rotatable bonds is 20. The summed E-state index contributed by atoms with van der Waals surface area (Å²) in [5.74, 6) is 1.12. The summed E-state index contributed by atoms with van der Waals surface area (Å²) < 4.78 is 22.5. The molecule has 0 aromatic heterocycles. The molecule has 0 amide bonds. The monoisotopic (exact) mass is 594 g/mol. The second-order valence-corrected chi connectivity index (χ2v) is 10.0. The fourth-order valence-corrected chi connectivity index (χ4v) is 4.13. The summed E-state index contributed by atoms with van der Waals surface area (Å²) in [4.78, 5) is 25.2. The van der Waals surface area contributed by atoms with Crippen molar-refractivity contribution in [1.82, 2.24) is 0 Å². The normalized spacial score (nSPS) is 10.9. The Morgan fingerprint density at radius 2 is 0.864 bits per heavy atom. The van der Waals surface area contributed by atoms with Crippen molar-refractivity contribution in [2.24, 2.45) is 0 Å². The summed E-state index contributed by atoms with van der Waals surface area (Å²) in [5, 5.41) is 0. The SMILES string of the molecule is C=C/C=C/CCCCCOc1ccc(C(=O)Oc2ccc(OC(=O)c3ccc(OCCCCC/C=C/C=C)cc3)cc2)cc1. The molecule has 3 aromatic carbocycles. The van der Waals surface area contributed by atoms with Gasteiger partial charge in [-0.1, -0.05) is 49.6 Å². The van der Waals surface area contributed by atoms with Gasteiger partial charge in [-0.3, -0.25) is 0 Å². The molecule has 6 nitrogen and oxygen atoms in total. The van der Waals surface area contributed by atoms with Crippen molar-refractivity contribution >= 4 is 11.9 Å². The highest BCUT2D eigenvalue weighted by Gasteiger charge is 2.12. The lowest BCUT2D eigenvalue weighted by Crippen LogP contribution is -2.09. The van der Waals surface area contributed by atoms with Crippen LogP contribution in [0.3, 0.4) is 0 Å². The Hall–Kier alpha value is -4.84. The van der Waals surface area contributed by atoms with Gasteiger partial charge in [-0.25, -0.2) is 9.59 Å². The van der Waals surface area contributed by atoms with Gasteiger partial charge in [0.05, 0.1) is 24.3 Å². The van der Waals surface area contributed by atoms with Gasteiger partial charge in [0.2, 0.25) is 0 Å². The first-order valence-corrected chi connectivity index (χ1v) is 15.1. The number of allylic oxidation sites excluding steroid dienone is 6. The first-order valence-electron chi connectivity index (χ1n) is 15.1. The van der Waals surface area contributed by atoms with Gasteiger partial charge in [-0.05, 0) is 124 Å². The summed E-state index contributed by atoms with van der Waals surface area (Å²) in [6, 6.07) is 20.1. The summed E-state index contributed by atoms with van der Waals surface area (Å²) in [5.41, 5.74) is 0.817. The van der Waals surface area contributed by atoms with E-state index in [4.69, 9.17) is 18.9 Å². The first-order chi connectivity index (χ1) is 21.6. The van der Waals surface area contributed by atoms with Crippen LogP contribution < -0.4 is 18.9 Å². The van der Waals surface area contributed by atoms with Crippen LogP contribution in [0, 0.1) is 0 Å². The van der Waals surface area contributed by atoms with E-state index >= 15 is 0 Å². The molecule has 6 heteroatoms. The Bertz CT molecular complexity index is 1250. The van der Waals surface area contributed by atoms with Gasteiger partial charge in [-0.15, -0.1) is 0 Å². The van der Waals surface area contributed by atoms with Gasteiger partial charge in [0, 0.05) is 0 Å². The fraction of sp³-hybridized carbons (Fsp3) is 0.263. The van der Waals surface area contributed by atoms with Crippen molar-refractivity contribution in [1.29, 1.82) is 0 Å². The second-order valence-electron chi connectivity index (χ2n) is 10.0. The van der Waals surface area contributed by atoms with Crippen LogP contribution >= 0.6 is 0 Å². The zero-order valence-electron chi connectivity index (χ0n) is 25.3. The lowest BCUT2D eigenvalue weighted by atomic mass is 10.2. The maximum atomic E-state index is 12.6. The van der Waals surface area contributed by atoms with Crippen LogP contribution in [-0.4, -0.2) is 25.2 Å². The molecule has 0 bridgehead atoms. The summed E-state index contributed by atoms with van der Waals surface area (Å²) in [6.07, 6.45) is 20.1. The minimum Gasteiger partial charge on any atom is -0.494 e. The van der Waals surface area contributed by atoms with Gasteiger partial charge in [0.15, 0.2) is 0 Å². The topological polar surface area (TPSA) is 71.1 Å². The van der Waals surface area contributed by atoms with Crippen LogP contribution in [0.1, 0.15) is 72.1 Å². The third kappa shape index (κ3) is 13.0. The van der Waals surface area contributed by atoms with Crippen LogP contribution in [0.4, 0.5) is 0 Å². The Morgan fingerprint density at radius 3 is 1.23 bits per heavy atom. The highest BCUT2D eigenvalue weighted by molar-refractivity contribution is 5.92. The molecular weight excluding hydrogens is 552 g/mol. The average Bonchev–Trinajstić information content (AvgIpc) is 3.05. The number of carbonyl (C=O) groups excluding carboxylic acids is 2. The molecule has 0 radical (unpaired) electrons. The molecule has 44 heavy (non-hydrogen) atoms. The molecule has 3 rings (SSSR count). The third-order valence-electron chi connectivity index (χ3n) is 6.54. The molecule has 0 unspecified atom stereocenters. The van der Waals surface area contributed by atoms with E-state index in [9.17, 15) is 9.59 Å². The molecule has 0 aliphatic heterocycles. The van der Waals surface area contributed by atoms with Crippen molar-refractivity contribution in [2.75, 3.05) is 13.2 Å². The van der Waals surface area contributed by atoms with Gasteiger partial charge < -0.3 is 18.9 Å². The number of benzene rings is 3. The van der Waals surface area contributed by atoms with Crippen molar-refractivity contribution < 1.29 is 28.5 Å². The van der Waals surface area contributed by atoms with Gasteiger partial charge in [0.1, 0.15) is 23.0 Å². The van der Waals surface area contributed by atoms with Crippen LogP contribution in [-0.2, 0) is 0 Å². The molecule has 0 N–H and O–H groups in total. The molecule has 0 heterocycles. The molecular formula is C38H42O6. The first kappa shape index (κ1) is 33.7. The Kier molecular flexibility index (Phi) is 15.4. The lowest BCUT2D eigenvalue weighted by molar-refractivity contribution is 0.0719. The van der Waals surface area contributed by atoms with E-state index in [0.29, 0.717) is 47.3 Å². The maximum absolute atomic E-state index is 12.6. The quantitative estimate of drug-likeness (QED) is 0.0562. The number of hydrogen-bond acceptors (Lipinski definition) is 6. The highest BCUT2D eigenvalue weighted by atomic mass is 16.5. The third-order valence-corrected chi connectivity index (χ3v) is 6.54. The Morgan fingerprint density at radius 1 is 0.500 bits per heavy atom. The summed E-state index contributed by atoms with van der Waals surface area (Å²) in [7, 11) is 0. The Balaban J connectivity index is 1.36. The molecule has 0 aliphatic carbocycles. The maximum Gasteiger partial charge on any atom is 0.343 e. The van der Waals surface area contributed by atoms with Crippen molar-refractivity contribution in [2.45, 2.75) is 51.4 Å². The zero-order chi connectivity index (χ0) is 31.2. The number of hydrogen-bond donors (Lipinski definition) is 0. The summed E-state index contributed by atoms with van der Waals surface area (Å²) >= 11 is 0. The minimum absolute atomic E-state index is 0.341. The number of esters is 2. The highest BCUT2D eigenvalue weighted by Crippen LogP contribution is 2.21. The molecule has 0 saturated carbocycles. The zero-order valence-corrected chi connectivity index (χ0v) is 25.3. The second kappa shape index (κ2) is 20.1. The van der Waals surface area contributed by atoms with E-state index in [1.807, 2.05) is 12.2 Å². The fourth-order valence-electron chi connectivity index (χ4n) is 4.13. The van der Waals surface area contributed by atoms with Crippen LogP contribution in [0.5, 0.6) is 23.0 Å². The average molecular weight is 595 g/mol. The number of carbonyl (C=O) groups is 2. The van der Waals surface area contributed by atoms with Crippen molar-refractivity contribution in [3.63, 3.8) is 0 Å². The van der Waals surface area contributed by atoms with Crippen LogP contribution in [0.2, 0.25) is 0 Å². The van der Waals surface area contributed by atoms with Crippen molar-refractivity contribution in [3.8, 4) is 23.0 Å². The smallest absolute Gasteiger partial charge is 0.343 e. The molecule has 0 fully saturated rings. The standard InChI is InChI=1S/C38H42O6/c1-3-5-7-9-11-13-15-29-41-33-21-17-31(18-22-33)37(39)43-35-25-27-36(28-26-35)44-38(40)32-19-23-34(24-20-32)42-30-16-14-12-10-8-6-4-2/h3-8,17-28H,1-2,9-16,29-30H2/b7-5+,8-6+. The van der Waals surface area contributed by atoms with E-state index in [1.165, 1.54) is 0 Å². The van der Waals surface area contributed by atoms with Crippen LogP contribution in [0.15, 0.2) is 122 Å². The largest absolute Gasteiger partial charge is 0.494 e. The van der Waals surface area contributed by atoms with E-state index in [1.54, 1.807) is 84.9 Å². The predicted octanol–water partition coefficient (Wildman–Crippen LogP) is 9.49. The van der Waals surface area contributed by atoms with E-state index < -0.39 is 11.9 Å². The van der Waals surface area contributed by atoms with Crippen molar-refractivity contribution in [3.05, 3.63) is 134 Å². The van der Waals surface area contributed by atoms with E-state index in [2.05, 4.69) is 25.3 Å². The predicted molar refractivity (Wildman–Crippen MR) is 176 cm³/mol. The van der Waals surface area contributed by atoms with Gasteiger partial charge >= 0.3 is 11.9 Å². The Labute approximate surface area is 261 Å². The molecule has 0 saturated heterocycles. The number of ether oxygens (including phenoxy) is 4. The molecule has 0 aliphatic rings. The lowest BCUT2D eigenvalue weighted by Gasteiger charge is -2.09. The van der Waals surface area contributed by atoms with Gasteiger partial charge in [-0.2, -0.15) is 0 Å².